The molecule has 0 radical (unpaired) electrons. The Labute approximate surface area is 123 Å². The smallest absolute Gasteiger partial charge is 0.381 e. The van der Waals surface area contributed by atoms with Gasteiger partial charge in [-0.1, -0.05) is 30.3 Å². The zero-order valence-corrected chi connectivity index (χ0v) is 13.0. The van der Waals surface area contributed by atoms with Crippen LogP contribution in [0.5, 0.6) is 5.88 Å². The standard InChI is InChI=1S/C13H16NO4PS/c1-3-16-19(20,17-4-2)18-13-12(10-15-14-13)11-8-6-5-7-9-11/h5-10H,3-4H2,1-2H3. The van der Waals surface area contributed by atoms with Gasteiger partial charge in [0.25, 0.3) is 5.88 Å². The van der Waals surface area contributed by atoms with Gasteiger partial charge in [-0.05, 0) is 24.6 Å². The molecule has 0 amide bonds. The first-order valence-electron chi connectivity index (χ1n) is 6.27. The van der Waals surface area contributed by atoms with Crippen LogP contribution in [0.3, 0.4) is 0 Å². The molecule has 108 valence electrons. The Morgan fingerprint density at radius 3 is 2.40 bits per heavy atom. The lowest BCUT2D eigenvalue weighted by atomic mass is 10.1. The van der Waals surface area contributed by atoms with Crippen molar-refractivity contribution in [1.29, 1.82) is 0 Å². The van der Waals surface area contributed by atoms with Crippen molar-refractivity contribution in [3.63, 3.8) is 0 Å². The van der Waals surface area contributed by atoms with Crippen LogP contribution in [0.15, 0.2) is 41.1 Å². The van der Waals surface area contributed by atoms with Crippen molar-refractivity contribution in [2.24, 2.45) is 0 Å². The molecule has 0 aliphatic rings. The number of aromatic nitrogens is 1. The number of hydrogen-bond acceptors (Lipinski definition) is 6. The Kier molecular flexibility index (Phi) is 5.31. The molecule has 0 aliphatic heterocycles. The van der Waals surface area contributed by atoms with E-state index in [-0.39, 0.29) is 0 Å². The highest BCUT2D eigenvalue weighted by Crippen LogP contribution is 2.51. The number of benzene rings is 1. The average Bonchev–Trinajstić information content (AvgIpc) is 2.88. The second-order valence-corrected chi connectivity index (χ2v) is 6.71. The van der Waals surface area contributed by atoms with Gasteiger partial charge in [0.2, 0.25) is 0 Å². The van der Waals surface area contributed by atoms with Gasteiger partial charge in [0, 0.05) is 11.8 Å². The monoisotopic (exact) mass is 313 g/mol. The summed E-state index contributed by atoms with van der Waals surface area (Å²) in [6.45, 7) is 1.66. The highest BCUT2D eigenvalue weighted by molar-refractivity contribution is 8.07. The normalized spacial score (nSPS) is 11.5. The molecule has 1 heterocycles. The molecule has 0 atom stereocenters. The van der Waals surface area contributed by atoms with Crippen LogP contribution in [0.1, 0.15) is 13.8 Å². The van der Waals surface area contributed by atoms with E-state index >= 15 is 0 Å². The summed E-state index contributed by atoms with van der Waals surface area (Å²) in [6.07, 6.45) is 1.52. The first kappa shape index (κ1) is 15.2. The largest absolute Gasteiger partial charge is 0.402 e. The third-order valence-electron chi connectivity index (χ3n) is 2.39. The van der Waals surface area contributed by atoms with Gasteiger partial charge in [-0.15, -0.1) is 0 Å². The van der Waals surface area contributed by atoms with Crippen LogP contribution >= 0.6 is 6.72 Å². The molecule has 0 spiro atoms. The summed E-state index contributed by atoms with van der Waals surface area (Å²) in [5.41, 5.74) is 1.65. The second kappa shape index (κ2) is 6.99. The summed E-state index contributed by atoms with van der Waals surface area (Å²) in [4.78, 5) is 0. The number of hydrogen-bond donors (Lipinski definition) is 0. The fourth-order valence-electron chi connectivity index (χ4n) is 1.61. The Morgan fingerprint density at radius 2 is 1.80 bits per heavy atom. The van der Waals surface area contributed by atoms with E-state index < -0.39 is 6.72 Å². The molecule has 0 unspecified atom stereocenters. The lowest BCUT2D eigenvalue weighted by Gasteiger charge is -2.19. The fourth-order valence-corrected chi connectivity index (χ4v) is 3.61. The van der Waals surface area contributed by atoms with Crippen LogP contribution in [0.2, 0.25) is 0 Å². The molecule has 0 saturated heterocycles. The Morgan fingerprint density at radius 1 is 1.15 bits per heavy atom. The van der Waals surface area contributed by atoms with E-state index in [9.17, 15) is 0 Å². The highest BCUT2D eigenvalue weighted by atomic mass is 32.5. The maximum atomic E-state index is 5.68. The molecule has 1 aromatic carbocycles. The van der Waals surface area contributed by atoms with Crippen molar-refractivity contribution in [3.8, 4) is 17.0 Å². The van der Waals surface area contributed by atoms with Gasteiger partial charge in [0.1, 0.15) is 6.26 Å². The van der Waals surface area contributed by atoms with Crippen molar-refractivity contribution in [2.75, 3.05) is 13.2 Å². The van der Waals surface area contributed by atoms with Crippen molar-refractivity contribution in [3.05, 3.63) is 36.6 Å². The maximum absolute atomic E-state index is 5.68. The summed E-state index contributed by atoms with van der Waals surface area (Å²) < 4.78 is 21.5. The average molecular weight is 313 g/mol. The molecule has 0 saturated carbocycles. The van der Waals surface area contributed by atoms with E-state index in [4.69, 9.17) is 29.9 Å². The predicted molar refractivity (Wildman–Crippen MR) is 80.1 cm³/mol. The molecule has 0 fully saturated rings. The Balaban J connectivity index is 2.26. The lowest BCUT2D eigenvalue weighted by Crippen LogP contribution is -2.02. The maximum Gasteiger partial charge on any atom is 0.381 e. The van der Waals surface area contributed by atoms with Crippen LogP contribution in [0, 0.1) is 0 Å². The van der Waals surface area contributed by atoms with E-state index in [0.29, 0.717) is 19.1 Å². The molecule has 5 nitrogen and oxygen atoms in total. The molecule has 0 aliphatic carbocycles. The van der Waals surface area contributed by atoms with Gasteiger partial charge < -0.3 is 9.05 Å². The zero-order chi connectivity index (χ0) is 14.4. The van der Waals surface area contributed by atoms with E-state index in [1.165, 1.54) is 6.26 Å². The molecule has 2 rings (SSSR count). The van der Waals surface area contributed by atoms with Crippen molar-refractivity contribution >= 4 is 18.5 Å². The summed E-state index contributed by atoms with van der Waals surface area (Å²) in [5.74, 6) is 0.293. The molecular weight excluding hydrogens is 297 g/mol. The van der Waals surface area contributed by atoms with Crippen LogP contribution < -0.4 is 4.52 Å². The summed E-state index contributed by atoms with van der Waals surface area (Å²) >= 11 is 5.32. The summed E-state index contributed by atoms with van der Waals surface area (Å²) in [7, 11) is 0. The second-order valence-electron chi connectivity index (χ2n) is 3.77. The third-order valence-corrected chi connectivity index (χ3v) is 4.80. The van der Waals surface area contributed by atoms with Crippen LogP contribution in [0.4, 0.5) is 0 Å². The molecule has 0 N–H and O–H groups in total. The molecule has 0 bridgehead atoms. The summed E-state index contributed by atoms with van der Waals surface area (Å²) in [5, 5.41) is 3.85. The minimum absolute atomic E-state index is 0.293. The van der Waals surface area contributed by atoms with E-state index in [0.717, 1.165) is 11.1 Å². The Hall–Kier alpha value is -1.20. The van der Waals surface area contributed by atoms with E-state index in [2.05, 4.69) is 5.16 Å². The van der Waals surface area contributed by atoms with Gasteiger partial charge in [-0.3, -0.25) is 9.05 Å². The van der Waals surface area contributed by atoms with Crippen LogP contribution in [-0.2, 0) is 20.9 Å². The van der Waals surface area contributed by atoms with E-state index in [1.54, 1.807) is 0 Å². The summed E-state index contributed by atoms with van der Waals surface area (Å²) in [6, 6.07) is 9.65. The van der Waals surface area contributed by atoms with Gasteiger partial charge in [-0.25, -0.2) is 0 Å². The van der Waals surface area contributed by atoms with Gasteiger partial charge in [0.15, 0.2) is 0 Å². The van der Waals surface area contributed by atoms with Crippen LogP contribution in [-0.4, -0.2) is 18.4 Å². The first-order chi connectivity index (χ1) is 9.68. The highest BCUT2D eigenvalue weighted by Gasteiger charge is 2.25. The van der Waals surface area contributed by atoms with Crippen molar-refractivity contribution < 1.29 is 18.1 Å². The Bertz CT molecular complexity index is 577. The molecular formula is C13H16NO4PS. The number of rotatable bonds is 7. The van der Waals surface area contributed by atoms with E-state index in [1.807, 2.05) is 44.2 Å². The molecule has 1 aromatic heterocycles. The molecule has 2 aromatic rings. The topological polar surface area (TPSA) is 53.7 Å². The molecule has 20 heavy (non-hydrogen) atoms. The number of nitrogens with zero attached hydrogens (tertiary/aromatic N) is 1. The quantitative estimate of drug-likeness (QED) is 0.720. The molecule has 7 heteroatoms. The lowest BCUT2D eigenvalue weighted by molar-refractivity contribution is 0.213. The zero-order valence-electron chi connectivity index (χ0n) is 11.3. The minimum atomic E-state index is -2.84. The third kappa shape index (κ3) is 3.67. The van der Waals surface area contributed by atoms with Gasteiger partial charge >= 0.3 is 6.72 Å². The van der Waals surface area contributed by atoms with Gasteiger partial charge in [-0.2, -0.15) is 0 Å². The van der Waals surface area contributed by atoms with Crippen molar-refractivity contribution in [1.82, 2.24) is 5.16 Å². The SMILES string of the molecule is CCOP(=S)(OCC)Oc1nocc1-c1ccccc1. The minimum Gasteiger partial charge on any atom is -0.402 e. The first-order valence-corrected chi connectivity index (χ1v) is 8.82. The van der Waals surface area contributed by atoms with Gasteiger partial charge in [0.05, 0.1) is 18.8 Å². The predicted octanol–water partition coefficient (Wildman–Crippen LogP) is 4.02. The fraction of sp³-hybridized carbons (Fsp3) is 0.308. The van der Waals surface area contributed by atoms with Crippen molar-refractivity contribution in [2.45, 2.75) is 13.8 Å². The van der Waals surface area contributed by atoms with Crippen LogP contribution in [0.25, 0.3) is 11.1 Å².